The summed E-state index contributed by atoms with van der Waals surface area (Å²) in [7, 11) is 0. The van der Waals surface area contributed by atoms with Gasteiger partial charge in [-0.05, 0) is 26.7 Å². The quantitative estimate of drug-likeness (QED) is 0.837. The van der Waals surface area contributed by atoms with E-state index in [9.17, 15) is 22.8 Å². The van der Waals surface area contributed by atoms with Crippen LogP contribution >= 0.6 is 0 Å². The van der Waals surface area contributed by atoms with Crippen molar-refractivity contribution in [1.82, 2.24) is 10.2 Å². The first-order valence-electron chi connectivity index (χ1n) is 6.48. The highest BCUT2D eigenvalue weighted by atomic mass is 19.4. The molecule has 3 unspecified atom stereocenters. The van der Waals surface area contributed by atoms with E-state index in [1.165, 1.54) is 13.8 Å². The van der Waals surface area contributed by atoms with Crippen LogP contribution in [0.25, 0.3) is 0 Å². The molecule has 8 heteroatoms. The molecular weight excluding hydrogens is 277 g/mol. The Labute approximate surface area is 115 Å². The van der Waals surface area contributed by atoms with Gasteiger partial charge in [0.05, 0.1) is 11.8 Å². The first-order chi connectivity index (χ1) is 9.12. The van der Waals surface area contributed by atoms with Crippen molar-refractivity contribution in [2.75, 3.05) is 13.1 Å². The van der Waals surface area contributed by atoms with Gasteiger partial charge in [0.2, 0.25) is 0 Å². The molecule has 1 fully saturated rings. The number of rotatable bonds is 3. The van der Waals surface area contributed by atoms with E-state index < -0.39 is 36.1 Å². The van der Waals surface area contributed by atoms with E-state index in [2.05, 4.69) is 5.32 Å². The molecule has 0 aromatic rings. The molecule has 2 amide bonds. The van der Waals surface area contributed by atoms with Crippen molar-refractivity contribution in [3.8, 4) is 0 Å². The number of alkyl halides is 3. The number of carbonyl (C=O) groups is 2. The molecule has 1 heterocycles. The van der Waals surface area contributed by atoms with Gasteiger partial charge in [-0.2, -0.15) is 13.2 Å². The fourth-order valence-electron chi connectivity index (χ4n) is 2.05. The van der Waals surface area contributed by atoms with Crippen LogP contribution in [0.2, 0.25) is 0 Å². The predicted molar refractivity (Wildman–Crippen MR) is 65.1 cm³/mol. The molecule has 2 N–H and O–H groups in total. The second kappa shape index (κ2) is 6.32. The van der Waals surface area contributed by atoms with Gasteiger partial charge in [0.25, 0.3) is 0 Å². The Morgan fingerprint density at radius 2 is 1.95 bits per heavy atom. The van der Waals surface area contributed by atoms with E-state index in [-0.39, 0.29) is 19.5 Å². The number of urea groups is 1. The molecule has 20 heavy (non-hydrogen) atoms. The molecular formula is C12H19F3N2O3. The number of hydrogen-bond donors (Lipinski definition) is 2. The molecule has 0 aliphatic carbocycles. The minimum Gasteiger partial charge on any atom is -0.481 e. The molecule has 0 aromatic heterocycles. The lowest BCUT2D eigenvalue weighted by atomic mass is 9.98. The molecule has 0 bridgehead atoms. The summed E-state index contributed by atoms with van der Waals surface area (Å²) in [5, 5.41) is 11.3. The minimum absolute atomic E-state index is 0.0222. The van der Waals surface area contributed by atoms with E-state index in [1.807, 2.05) is 0 Å². The van der Waals surface area contributed by atoms with Crippen LogP contribution in [0, 0.1) is 11.8 Å². The molecule has 0 radical (unpaired) electrons. The van der Waals surface area contributed by atoms with Gasteiger partial charge in [0, 0.05) is 19.1 Å². The molecule has 5 nitrogen and oxygen atoms in total. The third kappa shape index (κ3) is 4.28. The van der Waals surface area contributed by atoms with Crippen LogP contribution in [0.4, 0.5) is 18.0 Å². The van der Waals surface area contributed by atoms with Crippen molar-refractivity contribution < 1.29 is 27.9 Å². The largest absolute Gasteiger partial charge is 0.481 e. The maximum absolute atomic E-state index is 12.6. The van der Waals surface area contributed by atoms with Crippen LogP contribution in [-0.2, 0) is 4.79 Å². The van der Waals surface area contributed by atoms with Gasteiger partial charge in [0.15, 0.2) is 0 Å². The van der Waals surface area contributed by atoms with E-state index >= 15 is 0 Å². The lowest BCUT2D eigenvalue weighted by Gasteiger charge is -2.34. The number of halogens is 3. The second-order valence-electron chi connectivity index (χ2n) is 5.19. The molecule has 116 valence electrons. The number of carboxylic acids is 1. The summed E-state index contributed by atoms with van der Waals surface area (Å²) in [5.74, 6) is -3.37. The Balaban J connectivity index is 2.57. The molecule has 0 saturated carbocycles. The van der Waals surface area contributed by atoms with Crippen molar-refractivity contribution in [3.63, 3.8) is 0 Å². The van der Waals surface area contributed by atoms with Gasteiger partial charge < -0.3 is 15.3 Å². The molecule has 1 aliphatic heterocycles. The smallest absolute Gasteiger partial charge is 0.393 e. The van der Waals surface area contributed by atoms with E-state index in [0.29, 0.717) is 6.42 Å². The van der Waals surface area contributed by atoms with Gasteiger partial charge in [-0.15, -0.1) is 0 Å². The minimum atomic E-state index is -4.31. The number of carboxylic acid groups (broad SMARTS) is 1. The number of nitrogens with one attached hydrogen (secondary N) is 1. The van der Waals surface area contributed by atoms with Crippen molar-refractivity contribution in [1.29, 1.82) is 0 Å². The number of amides is 2. The predicted octanol–water partition coefficient (Wildman–Crippen LogP) is 2.08. The zero-order valence-electron chi connectivity index (χ0n) is 11.4. The van der Waals surface area contributed by atoms with Crippen molar-refractivity contribution in [3.05, 3.63) is 0 Å². The highest BCUT2D eigenvalue weighted by Crippen LogP contribution is 2.33. The average Bonchev–Trinajstić information content (AvgIpc) is 2.36. The summed E-state index contributed by atoms with van der Waals surface area (Å²) in [6.07, 6.45) is -3.99. The molecule has 0 spiro atoms. The lowest BCUT2D eigenvalue weighted by Crippen LogP contribution is -2.52. The normalized spacial score (nSPS) is 23.1. The van der Waals surface area contributed by atoms with E-state index in [0.717, 1.165) is 4.90 Å². The van der Waals surface area contributed by atoms with E-state index in [4.69, 9.17) is 5.11 Å². The third-order valence-electron chi connectivity index (χ3n) is 3.66. The number of piperidine rings is 1. The van der Waals surface area contributed by atoms with E-state index in [1.54, 1.807) is 0 Å². The monoisotopic (exact) mass is 296 g/mol. The zero-order valence-corrected chi connectivity index (χ0v) is 11.4. The van der Waals surface area contributed by atoms with Crippen LogP contribution in [0.3, 0.4) is 0 Å². The first kappa shape index (κ1) is 16.6. The highest BCUT2D eigenvalue weighted by Gasteiger charge is 2.42. The third-order valence-corrected chi connectivity index (χ3v) is 3.66. The van der Waals surface area contributed by atoms with Gasteiger partial charge in [-0.3, -0.25) is 4.79 Å². The second-order valence-corrected chi connectivity index (χ2v) is 5.19. The van der Waals surface area contributed by atoms with Crippen molar-refractivity contribution >= 4 is 12.0 Å². The molecule has 1 saturated heterocycles. The summed E-state index contributed by atoms with van der Waals surface area (Å²) in [6.45, 7) is 2.83. The molecule has 3 atom stereocenters. The molecule has 1 rings (SSSR count). The number of hydrogen-bond acceptors (Lipinski definition) is 2. The van der Waals surface area contributed by atoms with Gasteiger partial charge in [-0.1, -0.05) is 0 Å². The Morgan fingerprint density at radius 3 is 2.45 bits per heavy atom. The fourth-order valence-corrected chi connectivity index (χ4v) is 2.05. The van der Waals surface area contributed by atoms with Crippen LogP contribution < -0.4 is 5.32 Å². The van der Waals surface area contributed by atoms with Gasteiger partial charge >= 0.3 is 18.2 Å². The topological polar surface area (TPSA) is 69.6 Å². The number of nitrogens with zero attached hydrogens (tertiary/aromatic N) is 1. The van der Waals surface area contributed by atoms with Crippen LogP contribution in [0.5, 0.6) is 0 Å². The zero-order chi connectivity index (χ0) is 15.5. The Kier molecular flexibility index (Phi) is 5.24. The van der Waals surface area contributed by atoms with Crippen molar-refractivity contribution in [2.24, 2.45) is 11.8 Å². The maximum Gasteiger partial charge on any atom is 0.393 e. The van der Waals surface area contributed by atoms with Crippen LogP contribution in [0.1, 0.15) is 26.7 Å². The fraction of sp³-hybridized carbons (Fsp3) is 0.833. The SMILES string of the molecule is CC(NC(=O)N1CCCC(C(F)(F)F)C1)C(C)C(=O)O. The van der Waals surface area contributed by atoms with Gasteiger partial charge in [0.1, 0.15) is 0 Å². The average molecular weight is 296 g/mol. The molecule has 1 aliphatic rings. The number of carbonyl (C=O) groups excluding carboxylic acids is 1. The number of likely N-dealkylation sites (tertiary alicyclic amines) is 1. The summed E-state index contributed by atoms with van der Waals surface area (Å²) in [5.41, 5.74) is 0. The van der Waals surface area contributed by atoms with Crippen LogP contribution in [0.15, 0.2) is 0 Å². The summed E-state index contributed by atoms with van der Waals surface area (Å²) >= 11 is 0. The Morgan fingerprint density at radius 1 is 1.35 bits per heavy atom. The first-order valence-corrected chi connectivity index (χ1v) is 6.48. The maximum atomic E-state index is 12.6. The summed E-state index contributed by atoms with van der Waals surface area (Å²) < 4.78 is 37.9. The summed E-state index contributed by atoms with van der Waals surface area (Å²) in [6, 6.07) is -1.29. The van der Waals surface area contributed by atoms with Gasteiger partial charge in [-0.25, -0.2) is 4.79 Å². The summed E-state index contributed by atoms with van der Waals surface area (Å²) in [4.78, 5) is 23.7. The number of aliphatic carboxylic acids is 1. The van der Waals surface area contributed by atoms with Crippen molar-refractivity contribution in [2.45, 2.75) is 38.9 Å². The highest BCUT2D eigenvalue weighted by molar-refractivity contribution is 5.76. The Hall–Kier alpha value is -1.47. The Bertz CT molecular complexity index is 373. The lowest BCUT2D eigenvalue weighted by molar-refractivity contribution is -0.184. The molecule has 0 aromatic carbocycles. The standard InChI is InChI=1S/C12H19F3N2O3/c1-7(10(18)19)8(2)16-11(20)17-5-3-4-9(6-17)12(13,14)15/h7-9H,3-6H2,1-2H3,(H,16,20)(H,18,19). The van der Waals surface area contributed by atoms with Crippen LogP contribution in [-0.4, -0.2) is 47.3 Å².